The highest BCUT2D eigenvalue weighted by molar-refractivity contribution is 5.94. The fourth-order valence-electron chi connectivity index (χ4n) is 2.56. The minimum atomic E-state index is -4.44. The number of nitrogens with one attached hydrogen (secondary N) is 1. The van der Waals surface area contributed by atoms with Crippen LogP contribution in [0.2, 0.25) is 0 Å². The number of aryl methyl sites for hydroxylation is 1. The van der Waals surface area contributed by atoms with Gasteiger partial charge < -0.3 is 9.88 Å². The molecule has 25 heavy (non-hydrogen) atoms. The summed E-state index contributed by atoms with van der Waals surface area (Å²) < 4.78 is 40.2. The van der Waals surface area contributed by atoms with Gasteiger partial charge in [0.05, 0.1) is 5.56 Å². The molecule has 0 aliphatic rings. The highest BCUT2D eigenvalue weighted by atomic mass is 19.4. The van der Waals surface area contributed by atoms with Crippen molar-refractivity contribution in [3.63, 3.8) is 0 Å². The first-order chi connectivity index (χ1) is 11.6. The van der Waals surface area contributed by atoms with Gasteiger partial charge in [-0.25, -0.2) is 0 Å². The number of halogens is 3. The number of nitrogens with zero attached hydrogens (tertiary/aromatic N) is 1. The zero-order valence-corrected chi connectivity index (χ0v) is 14.2. The van der Waals surface area contributed by atoms with Gasteiger partial charge in [-0.05, 0) is 43.5 Å². The van der Waals surface area contributed by atoms with Crippen LogP contribution in [0.1, 0.15) is 32.7 Å². The van der Waals surface area contributed by atoms with Gasteiger partial charge in [-0.15, -0.1) is 0 Å². The molecule has 0 unspecified atom stereocenters. The van der Waals surface area contributed by atoms with E-state index in [4.69, 9.17) is 0 Å². The maximum Gasteiger partial charge on any atom is 0.416 e. The van der Waals surface area contributed by atoms with Crippen LogP contribution in [0.4, 0.5) is 13.2 Å². The van der Waals surface area contributed by atoms with Crippen LogP contribution < -0.4 is 10.9 Å². The van der Waals surface area contributed by atoms with Crippen LogP contribution in [0, 0.1) is 13.8 Å². The van der Waals surface area contributed by atoms with Crippen LogP contribution in [-0.2, 0) is 19.6 Å². The summed E-state index contributed by atoms with van der Waals surface area (Å²) in [5.74, 6) is -0.590. The number of hydrogen-bond acceptors (Lipinski definition) is 2. The van der Waals surface area contributed by atoms with Gasteiger partial charge in [0.15, 0.2) is 0 Å². The van der Waals surface area contributed by atoms with E-state index in [1.165, 1.54) is 28.8 Å². The highest BCUT2D eigenvalue weighted by Gasteiger charge is 2.32. The number of amides is 1. The molecule has 0 atom stereocenters. The van der Waals surface area contributed by atoms with E-state index in [-0.39, 0.29) is 24.1 Å². The first kappa shape index (κ1) is 18.8. The van der Waals surface area contributed by atoms with Crippen molar-refractivity contribution in [2.45, 2.75) is 26.4 Å². The Labute approximate surface area is 143 Å². The molecule has 1 N–H and O–H groups in total. The predicted molar refractivity (Wildman–Crippen MR) is 88.6 cm³/mol. The Hall–Kier alpha value is -2.57. The second-order valence-electron chi connectivity index (χ2n) is 5.85. The van der Waals surface area contributed by atoms with E-state index in [2.05, 4.69) is 5.32 Å². The molecule has 2 aromatic rings. The monoisotopic (exact) mass is 352 g/mol. The second-order valence-corrected chi connectivity index (χ2v) is 5.85. The zero-order valence-electron chi connectivity index (χ0n) is 14.2. The maximum atomic E-state index is 12.9. The molecule has 1 heterocycles. The van der Waals surface area contributed by atoms with Gasteiger partial charge in [-0.3, -0.25) is 9.59 Å². The molecule has 0 aliphatic heterocycles. The molecule has 0 aliphatic carbocycles. The third-order valence-electron chi connectivity index (χ3n) is 4.22. The van der Waals surface area contributed by atoms with Gasteiger partial charge in [0.2, 0.25) is 0 Å². The molecule has 1 amide bonds. The molecule has 0 spiro atoms. The average Bonchev–Trinajstić information content (AvgIpc) is 2.55. The first-order valence-corrected chi connectivity index (χ1v) is 7.73. The van der Waals surface area contributed by atoms with Crippen molar-refractivity contribution >= 4 is 5.91 Å². The van der Waals surface area contributed by atoms with E-state index in [1.54, 1.807) is 20.9 Å². The normalized spacial score (nSPS) is 11.4. The molecule has 0 radical (unpaired) electrons. The number of carbonyl (C=O) groups is 1. The van der Waals surface area contributed by atoms with Gasteiger partial charge in [-0.1, -0.05) is 18.2 Å². The Bertz CT molecular complexity index is 854. The molecule has 2 rings (SSSR count). The molecule has 0 saturated carbocycles. The van der Waals surface area contributed by atoms with Crippen LogP contribution in [0.5, 0.6) is 0 Å². The second kappa shape index (κ2) is 7.13. The standard InChI is InChI=1S/C18H19F3N2O2/c1-11-10-14(17(25)23(3)12(11)2)16(24)22-9-8-13-6-4-5-7-15(13)18(19,20)21/h4-7,10H,8-9H2,1-3H3,(H,22,24). The third-order valence-corrected chi connectivity index (χ3v) is 4.22. The molecule has 1 aromatic heterocycles. The van der Waals surface area contributed by atoms with E-state index in [0.717, 1.165) is 17.3 Å². The maximum absolute atomic E-state index is 12.9. The van der Waals surface area contributed by atoms with Crippen LogP contribution in [0.25, 0.3) is 0 Å². The molecule has 0 fully saturated rings. The predicted octanol–water partition coefficient (Wildman–Crippen LogP) is 2.99. The van der Waals surface area contributed by atoms with Crippen LogP contribution in [0.15, 0.2) is 35.1 Å². The van der Waals surface area contributed by atoms with E-state index >= 15 is 0 Å². The summed E-state index contributed by atoms with van der Waals surface area (Å²) >= 11 is 0. The van der Waals surface area contributed by atoms with Crippen molar-refractivity contribution in [1.82, 2.24) is 9.88 Å². The summed E-state index contributed by atoms with van der Waals surface area (Å²) in [6.45, 7) is 3.56. The molecule has 0 bridgehead atoms. The Morgan fingerprint density at radius 2 is 1.84 bits per heavy atom. The number of hydrogen-bond donors (Lipinski definition) is 1. The Kier molecular flexibility index (Phi) is 5.35. The van der Waals surface area contributed by atoms with Crippen molar-refractivity contribution < 1.29 is 18.0 Å². The van der Waals surface area contributed by atoms with E-state index < -0.39 is 23.2 Å². The topological polar surface area (TPSA) is 51.1 Å². The van der Waals surface area contributed by atoms with Crippen molar-refractivity contribution in [2.24, 2.45) is 7.05 Å². The van der Waals surface area contributed by atoms with Gasteiger partial charge in [0.1, 0.15) is 5.56 Å². The lowest BCUT2D eigenvalue weighted by atomic mass is 10.0. The van der Waals surface area contributed by atoms with Gasteiger partial charge in [-0.2, -0.15) is 13.2 Å². The zero-order chi connectivity index (χ0) is 18.8. The summed E-state index contributed by atoms with van der Waals surface area (Å²) in [5.41, 5.74) is 0.468. The quantitative estimate of drug-likeness (QED) is 0.920. The van der Waals surface area contributed by atoms with Crippen molar-refractivity contribution in [3.8, 4) is 0 Å². The molecular weight excluding hydrogens is 333 g/mol. The lowest BCUT2D eigenvalue weighted by Gasteiger charge is -2.13. The molecule has 7 heteroatoms. The van der Waals surface area contributed by atoms with Gasteiger partial charge in [0.25, 0.3) is 11.5 Å². The van der Waals surface area contributed by atoms with Crippen LogP contribution in [0.3, 0.4) is 0 Å². The summed E-state index contributed by atoms with van der Waals surface area (Å²) in [6.07, 6.45) is -4.42. The Morgan fingerprint density at radius 3 is 2.48 bits per heavy atom. The molecule has 0 saturated heterocycles. The fraction of sp³-hybridized carbons (Fsp3) is 0.333. The number of aromatic nitrogens is 1. The summed E-state index contributed by atoms with van der Waals surface area (Å²) in [5, 5.41) is 2.52. The molecular formula is C18H19F3N2O2. The summed E-state index contributed by atoms with van der Waals surface area (Å²) in [4.78, 5) is 24.4. The van der Waals surface area contributed by atoms with Crippen molar-refractivity contribution in [2.75, 3.05) is 6.54 Å². The van der Waals surface area contributed by atoms with Gasteiger partial charge in [0, 0.05) is 19.3 Å². The minimum absolute atomic E-state index is 0.00199. The molecule has 4 nitrogen and oxygen atoms in total. The van der Waals surface area contributed by atoms with E-state index in [1.807, 2.05) is 0 Å². The van der Waals surface area contributed by atoms with Crippen molar-refractivity contribution in [3.05, 3.63) is 68.6 Å². The Morgan fingerprint density at radius 1 is 1.20 bits per heavy atom. The third kappa shape index (κ3) is 4.10. The largest absolute Gasteiger partial charge is 0.416 e. The first-order valence-electron chi connectivity index (χ1n) is 7.73. The van der Waals surface area contributed by atoms with Crippen molar-refractivity contribution in [1.29, 1.82) is 0 Å². The Balaban J connectivity index is 2.12. The number of alkyl halides is 3. The smallest absolute Gasteiger partial charge is 0.352 e. The van der Waals surface area contributed by atoms with Crippen LogP contribution in [-0.4, -0.2) is 17.0 Å². The molecule has 1 aromatic carbocycles. The fourth-order valence-corrected chi connectivity index (χ4v) is 2.56. The number of benzene rings is 1. The lowest BCUT2D eigenvalue weighted by Crippen LogP contribution is -2.34. The van der Waals surface area contributed by atoms with E-state index in [0.29, 0.717) is 0 Å². The number of carbonyl (C=O) groups excluding carboxylic acids is 1. The number of rotatable bonds is 4. The SMILES string of the molecule is Cc1cc(C(=O)NCCc2ccccc2C(F)(F)F)c(=O)n(C)c1C. The highest BCUT2D eigenvalue weighted by Crippen LogP contribution is 2.31. The minimum Gasteiger partial charge on any atom is -0.352 e. The van der Waals surface area contributed by atoms with Gasteiger partial charge >= 0.3 is 6.18 Å². The average molecular weight is 352 g/mol. The summed E-state index contributed by atoms with van der Waals surface area (Å²) in [7, 11) is 1.57. The number of pyridine rings is 1. The summed E-state index contributed by atoms with van der Waals surface area (Å²) in [6, 6.07) is 6.73. The lowest BCUT2D eigenvalue weighted by molar-refractivity contribution is -0.138. The van der Waals surface area contributed by atoms with Crippen LogP contribution >= 0.6 is 0 Å². The molecule has 134 valence electrons. The van der Waals surface area contributed by atoms with E-state index in [9.17, 15) is 22.8 Å².